The number of ketones is 1. The smallest absolute Gasteiger partial charge is 0.226 e. The van der Waals surface area contributed by atoms with Gasteiger partial charge < -0.3 is 29.5 Å². The monoisotopic (exact) mass is 434 g/mol. The number of Topliss-reactive ketones (excluding diaryl/α,β-unsaturated/α-hetero) is 1. The summed E-state index contributed by atoms with van der Waals surface area (Å²) in [6, 6.07) is 11.1. The molecule has 0 amide bonds. The van der Waals surface area contributed by atoms with E-state index in [0.717, 1.165) is 16.9 Å². The van der Waals surface area contributed by atoms with Gasteiger partial charge in [0, 0.05) is 10.6 Å². The number of aliphatic hydroxyl groups excluding tert-OH is 3. The molecule has 4 rings (SSSR count). The zero-order chi connectivity index (χ0) is 21.5. The molecule has 0 radical (unpaired) electrons. The van der Waals surface area contributed by atoms with Gasteiger partial charge >= 0.3 is 0 Å². The normalized spacial score (nSPS) is 28.0. The molecule has 160 valence electrons. The van der Waals surface area contributed by atoms with Gasteiger partial charge in [-0.3, -0.25) is 4.79 Å². The summed E-state index contributed by atoms with van der Waals surface area (Å²) in [5.41, 5.74) is 2.95. The number of ether oxygens (including phenoxy) is 3. The Morgan fingerprint density at radius 1 is 1.23 bits per heavy atom. The first-order valence-corrected chi connectivity index (χ1v) is 10.1. The fourth-order valence-corrected chi connectivity index (χ4v) is 4.21. The average molecular weight is 435 g/mol. The molecule has 0 aliphatic carbocycles. The second kappa shape index (κ2) is 8.26. The van der Waals surface area contributed by atoms with Gasteiger partial charge in [-0.2, -0.15) is 0 Å². The van der Waals surface area contributed by atoms with Crippen LogP contribution in [0.2, 0.25) is 5.02 Å². The lowest BCUT2D eigenvalue weighted by molar-refractivity contribution is -0.330. The molecule has 2 aliphatic rings. The van der Waals surface area contributed by atoms with Gasteiger partial charge in [-0.05, 0) is 54.3 Å². The van der Waals surface area contributed by atoms with Gasteiger partial charge in [0.15, 0.2) is 5.78 Å². The van der Waals surface area contributed by atoms with Crippen molar-refractivity contribution in [3.63, 3.8) is 0 Å². The Labute approximate surface area is 178 Å². The van der Waals surface area contributed by atoms with E-state index in [9.17, 15) is 20.1 Å². The van der Waals surface area contributed by atoms with Crippen LogP contribution in [0.4, 0.5) is 0 Å². The van der Waals surface area contributed by atoms with Crippen LogP contribution in [0.5, 0.6) is 5.75 Å². The molecule has 2 aromatic carbocycles. The summed E-state index contributed by atoms with van der Waals surface area (Å²) in [5.74, 6) is -1.74. The van der Waals surface area contributed by atoms with Gasteiger partial charge in [-0.1, -0.05) is 23.7 Å². The van der Waals surface area contributed by atoms with Gasteiger partial charge in [0.1, 0.15) is 24.1 Å². The van der Waals surface area contributed by atoms with Crippen LogP contribution in [0, 0.1) is 0 Å². The molecule has 0 saturated carbocycles. The third-order valence-corrected chi connectivity index (χ3v) is 5.85. The number of carbonyl (C=O) groups excluding carboxylic acids is 1. The lowest BCUT2D eigenvalue weighted by atomic mass is 9.87. The fourth-order valence-electron chi connectivity index (χ4n) is 3.95. The molecular weight excluding hydrogens is 412 g/mol. The number of carbonyl (C=O) groups is 1. The molecule has 2 aliphatic heterocycles. The van der Waals surface area contributed by atoms with Crippen LogP contribution < -0.4 is 4.74 Å². The number of halogens is 1. The van der Waals surface area contributed by atoms with Gasteiger partial charge in [-0.15, -0.1) is 0 Å². The van der Waals surface area contributed by atoms with Crippen molar-refractivity contribution in [1.82, 2.24) is 0 Å². The van der Waals surface area contributed by atoms with Gasteiger partial charge in [0.2, 0.25) is 5.79 Å². The summed E-state index contributed by atoms with van der Waals surface area (Å²) in [4.78, 5) is 12.1. The minimum absolute atomic E-state index is 0.0918. The molecule has 4 atom stereocenters. The lowest BCUT2D eigenvalue weighted by Gasteiger charge is -2.42. The second-order valence-electron chi connectivity index (χ2n) is 7.39. The summed E-state index contributed by atoms with van der Waals surface area (Å²) in [5, 5.41) is 30.9. The Hall–Kier alpha value is -2.00. The van der Waals surface area contributed by atoms with E-state index in [0.29, 0.717) is 29.2 Å². The highest BCUT2D eigenvalue weighted by Gasteiger charge is 2.58. The van der Waals surface area contributed by atoms with Crippen LogP contribution in [0.15, 0.2) is 36.4 Å². The third-order valence-electron chi connectivity index (χ3n) is 5.50. The number of rotatable bonds is 5. The summed E-state index contributed by atoms with van der Waals surface area (Å²) in [6.07, 6.45) is -4.14. The van der Waals surface area contributed by atoms with Crippen molar-refractivity contribution in [2.24, 2.45) is 0 Å². The predicted molar refractivity (Wildman–Crippen MR) is 107 cm³/mol. The SMILES string of the molecule is CCOc1ccc(Cc2cc3c(cc2Cl)CO[C@]32O[C@H](CO)C(=O)[C@H](O)[C@@H]2O)cc1. The van der Waals surface area contributed by atoms with Crippen LogP contribution in [0.3, 0.4) is 0 Å². The Balaban J connectivity index is 1.68. The maximum atomic E-state index is 12.1. The van der Waals surface area contributed by atoms with Crippen LogP contribution >= 0.6 is 11.6 Å². The van der Waals surface area contributed by atoms with Crippen molar-refractivity contribution in [3.05, 3.63) is 63.7 Å². The van der Waals surface area contributed by atoms with Gasteiger partial charge in [0.05, 0.1) is 19.8 Å². The lowest BCUT2D eigenvalue weighted by Crippen LogP contribution is -2.61. The van der Waals surface area contributed by atoms with E-state index in [4.69, 9.17) is 25.8 Å². The highest BCUT2D eigenvalue weighted by Crippen LogP contribution is 2.46. The summed E-state index contributed by atoms with van der Waals surface area (Å²) in [7, 11) is 0. The third kappa shape index (κ3) is 3.51. The number of benzene rings is 2. The molecule has 0 unspecified atom stereocenters. The number of aliphatic hydroxyl groups is 3. The van der Waals surface area contributed by atoms with Gasteiger partial charge in [-0.25, -0.2) is 0 Å². The maximum Gasteiger partial charge on any atom is 0.226 e. The van der Waals surface area contributed by atoms with E-state index in [1.54, 1.807) is 12.1 Å². The summed E-state index contributed by atoms with van der Waals surface area (Å²) < 4.78 is 16.9. The first-order valence-electron chi connectivity index (χ1n) is 9.75. The Kier molecular flexibility index (Phi) is 5.85. The highest BCUT2D eigenvalue weighted by atomic mass is 35.5. The molecule has 0 aromatic heterocycles. The van der Waals surface area contributed by atoms with Crippen LogP contribution in [-0.2, 0) is 33.1 Å². The minimum atomic E-state index is -1.74. The highest BCUT2D eigenvalue weighted by molar-refractivity contribution is 6.31. The Morgan fingerprint density at radius 3 is 2.63 bits per heavy atom. The molecule has 2 heterocycles. The molecule has 1 saturated heterocycles. The zero-order valence-electron chi connectivity index (χ0n) is 16.4. The largest absolute Gasteiger partial charge is 0.494 e. The standard InChI is InChI=1S/C22H23ClO7/c1-2-28-15-5-3-12(4-6-15)7-13-8-16-14(9-17(13)23)11-29-22(16)21(27)20(26)19(25)18(10-24)30-22/h3-6,8-9,18,20-21,24,26-27H,2,7,10-11H2,1H3/t18-,20+,21+,22+/m1/s1. The van der Waals surface area contributed by atoms with E-state index in [-0.39, 0.29) is 6.61 Å². The second-order valence-corrected chi connectivity index (χ2v) is 7.80. The van der Waals surface area contributed by atoms with Crippen molar-refractivity contribution in [2.75, 3.05) is 13.2 Å². The molecule has 2 aromatic rings. The molecule has 1 fully saturated rings. The molecule has 3 N–H and O–H groups in total. The number of hydrogen-bond donors (Lipinski definition) is 3. The summed E-state index contributed by atoms with van der Waals surface area (Å²) in [6.45, 7) is 1.97. The van der Waals surface area contributed by atoms with Crippen molar-refractivity contribution < 1.29 is 34.3 Å². The van der Waals surface area contributed by atoms with Crippen LogP contribution in [0.25, 0.3) is 0 Å². The molecule has 8 heteroatoms. The van der Waals surface area contributed by atoms with Crippen molar-refractivity contribution in [3.8, 4) is 5.75 Å². The predicted octanol–water partition coefficient (Wildman–Crippen LogP) is 1.69. The zero-order valence-corrected chi connectivity index (χ0v) is 17.1. The van der Waals surface area contributed by atoms with E-state index in [1.165, 1.54) is 0 Å². The fraction of sp³-hybridized carbons (Fsp3) is 0.409. The Bertz CT molecular complexity index is 941. The van der Waals surface area contributed by atoms with Crippen molar-refractivity contribution >= 4 is 17.4 Å². The van der Waals surface area contributed by atoms with Crippen molar-refractivity contribution in [1.29, 1.82) is 0 Å². The average Bonchev–Trinajstić information content (AvgIpc) is 3.09. The van der Waals surface area contributed by atoms with E-state index in [2.05, 4.69) is 0 Å². The molecule has 1 spiro atoms. The Morgan fingerprint density at radius 2 is 1.97 bits per heavy atom. The van der Waals surface area contributed by atoms with Crippen LogP contribution in [-0.4, -0.2) is 52.6 Å². The topological polar surface area (TPSA) is 105 Å². The minimum Gasteiger partial charge on any atom is -0.494 e. The van der Waals surface area contributed by atoms with E-state index in [1.807, 2.05) is 31.2 Å². The quantitative estimate of drug-likeness (QED) is 0.657. The van der Waals surface area contributed by atoms with E-state index < -0.39 is 36.5 Å². The van der Waals surface area contributed by atoms with Crippen molar-refractivity contribution in [2.45, 2.75) is 44.1 Å². The maximum absolute atomic E-state index is 12.1. The first kappa shape index (κ1) is 21.2. The first-order chi connectivity index (χ1) is 14.4. The molecule has 30 heavy (non-hydrogen) atoms. The number of hydrogen-bond acceptors (Lipinski definition) is 7. The molecule has 0 bridgehead atoms. The van der Waals surface area contributed by atoms with Gasteiger partial charge in [0.25, 0.3) is 0 Å². The molecule has 7 nitrogen and oxygen atoms in total. The van der Waals surface area contributed by atoms with E-state index >= 15 is 0 Å². The number of fused-ring (bicyclic) bond motifs is 2. The molecular formula is C22H23ClO7. The van der Waals surface area contributed by atoms with Crippen LogP contribution in [0.1, 0.15) is 29.2 Å². The summed E-state index contributed by atoms with van der Waals surface area (Å²) >= 11 is 6.48.